The average molecular weight is 237 g/mol. The Morgan fingerprint density at radius 1 is 1.18 bits per heavy atom. The third kappa shape index (κ3) is 4.30. The molecular weight excluding hydrogens is 214 g/mol. The van der Waals surface area contributed by atoms with E-state index < -0.39 is 0 Å². The Morgan fingerprint density at radius 2 is 1.76 bits per heavy atom. The second-order valence-corrected chi connectivity index (χ2v) is 5.22. The molecule has 1 aromatic rings. The van der Waals surface area contributed by atoms with Crippen molar-refractivity contribution >= 4 is 5.82 Å². The van der Waals surface area contributed by atoms with Crippen LogP contribution < -0.4 is 4.90 Å². The van der Waals surface area contributed by atoms with Gasteiger partial charge in [-0.1, -0.05) is 27.7 Å². The summed E-state index contributed by atoms with van der Waals surface area (Å²) in [5, 5.41) is 9.33. The molecule has 0 radical (unpaired) electrons. The van der Waals surface area contributed by atoms with E-state index in [4.69, 9.17) is 0 Å². The van der Waals surface area contributed by atoms with Gasteiger partial charge in [0.1, 0.15) is 12.1 Å². The van der Waals surface area contributed by atoms with Crippen molar-refractivity contribution in [2.75, 3.05) is 18.0 Å². The smallest absolute Gasteiger partial charge is 0.137 e. The van der Waals surface area contributed by atoms with Gasteiger partial charge in [0, 0.05) is 24.8 Å². The van der Waals surface area contributed by atoms with Crippen molar-refractivity contribution in [1.82, 2.24) is 9.97 Å². The fourth-order valence-corrected chi connectivity index (χ4v) is 1.88. The SMILES string of the molecule is CC(C)CN(CC(C)C)c1ncncc1CO. The molecule has 0 spiro atoms. The molecule has 4 heteroatoms. The third-order valence-electron chi connectivity index (χ3n) is 2.41. The first-order valence-corrected chi connectivity index (χ1v) is 6.19. The summed E-state index contributed by atoms with van der Waals surface area (Å²) in [7, 11) is 0. The van der Waals surface area contributed by atoms with Crippen LogP contribution in [0.1, 0.15) is 33.3 Å². The molecule has 0 aromatic carbocycles. The number of anilines is 1. The Bertz CT molecular complexity index is 329. The summed E-state index contributed by atoms with van der Waals surface area (Å²) in [6.45, 7) is 10.6. The summed E-state index contributed by atoms with van der Waals surface area (Å²) in [6, 6.07) is 0. The quantitative estimate of drug-likeness (QED) is 0.823. The van der Waals surface area contributed by atoms with E-state index in [0.29, 0.717) is 11.8 Å². The van der Waals surface area contributed by atoms with Gasteiger partial charge >= 0.3 is 0 Å². The first-order valence-electron chi connectivity index (χ1n) is 6.19. The summed E-state index contributed by atoms with van der Waals surface area (Å²) >= 11 is 0. The monoisotopic (exact) mass is 237 g/mol. The van der Waals surface area contributed by atoms with E-state index in [1.807, 2.05) is 0 Å². The summed E-state index contributed by atoms with van der Waals surface area (Å²) in [5.41, 5.74) is 0.800. The molecule has 0 fully saturated rings. The predicted molar refractivity (Wildman–Crippen MR) is 69.8 cm³/mol. The fourth-order valence-electron chi connectivity index (χ4n) is 1.88. The maximum absolute atomic E-state index is 9.33. The Hall–Kier alpha value is -1.16. The van der Waals surface area contributed by atoms with Gasteiger partial charge in [0.2, 0.25) is 0 Å². The molecule has 4 nitrogen and oxygen atoms in total. The molecule has 17 heavy (non-hydrogen) atoms. The second-order valence-electron chi connectivity index (χ2n) is 5.22. The summed E-state index contributed by atoms with van der Waals surface area (Å²) in [4.78, 5) is 10.5. The van der Waals surface area contributed by atoms with Crippen LogP contribution in [0.3, 0.4) is 0 Å². The van der Waals surface area contributed by atoms with Crippen molar-refractivity contribution in [3.63, 3.8) is 0 Å². The normalized spacial score (nSPS) is 11.2. The predicted octanol–water partition coefficient (Wildman–Crippen LogP) is 2.09. The molecule has 0 aliphatic carbocycles. The van der Waals surface area contributed by atoms with Gasteiger partial charge in [-0.15, -0.1) is 0 Å². The minimum Gasteiger partial charge on any atom is -0.391 e. The largest absolute Gasteiger partial charge is 0.391 e. The van der Waals surface area contributed by atoms with Crippen molar-refractivity contribution in [3.8, 4) is 0 Å². The van der Waals surface area contributed by atoms with Gasteiger partial charge in [-0.05, 0) is 11.8 Å². The Morgan fingerprint density at radius 3 is 2.24 bits per heavy atom. The Labute approximate surface area is 104 Å². The molecule has 1 heterocycles. The molecule has 0 unspecified atom stereocenters. The fraction of sp³-hybridized carbons (Fsp3) is 0.692. The van der Waals surface area contributed by atoms with Crippen LogP contribution in [-0.4, -0.2) is 28.2 Å². The van der Waals surface area contributed by atoms with Crippen molar-refractivity contribution in [2.24, 2.45) is 11.8 Å². The first-order chi connectivity index (χ1) is 8.04. The van der Waals surface area contributed by atoms with Gasteiger partial charge in [-0.3, -0.25) is 0 Å². The molecular formula is C13H23N3O. The highest BCUT2D eigenvalue weighted by Gasteiger charge is 2.15. The number of aromatic nitrogens is 2. The number of hydrogen-bond acceptors (Lipinski definition) is 4. The maximum atomic E-state index is 9.33. The molecule has 0 saturated carbocycles. The number of hydrogen-bond donors (Lipinski definition) is 1. The molecule has 0 saturated heterocycles. The van der Waals surface area contributed by atoms with Crippen molar-refractivity contribution in [1.29, 1.82) is 0 Å². The number of rotatable bonds is 6. The molecule has 1 N–H and O–H groups in total. The van der Waals surface area contributed by atoms with E-state index >= 15 is 0 Å². The molecule has 1 rings (SSSR count). The lowest BCUT2D eigenvalue weighted by molar-refractivity contribution is 0.281. The molecule has 0 amide bonds. The van der Waals surface area contributed by atoms with Gasteiger partial charge in [0.05, 0.1) is 6.61 Å². The maximum Gasteiger partial charge on any atom is 0.137 e. The van der Waals surface area contributed by atoms with Crippen LogP contribution in [0.5, 0.6) is 0 Å². The number of nitrogens with zero attached hydrogens (tertiary/aromatic N) is 3. The van der Waals surface area contributed by atoms with Crippen molar-refractivity contribution in [3.05, 3.63) is 18.1 Å². The van der Waals surface area contributed by atoms with Crippen LogP contribution in [0, 0.1) is 11.8 Å². The van der Waals surface area contributed by atoms with Crippen molar-refractivity contribution in [2.45, 2.75) is 34.3 Å². The molecule has 0 bridgehead atoms. The lowest BCUT2D eigenvalue weighted by Crippen LogP contribution is -2.33. The zero-order valence-corrected chi connectivity index (χ0v) is 11.2. The number of aliphatic hydroxyl groups excluding tert-OH is 1. The topological polar surface area (TPSA) is 49.2 Å². The highest BCUT2D eigenvalue weighted by Crippen LogP contribution is 2.19. The Kier molecular flexibility index (Phi) is 5.35. The van der Waals surface area contributed by atoms with Gasteiger partial charge < -0.3 is 10.0 Å². The molecule has 1 aromatic heterocycles. The lowest BCUT2D eigenvalue weighted by atomic mass is 10.1. The van der Waals surface area contributed by atoms with E-state index in [-0.39, 0.29) is 6.61 Å². The van der Waals surface area contributed by atoms with Crippen LogP contribution in [-0.2, 0) is 6.61 Å². The standard InChI is InChI=1S/C13H23N3O/c1-10(2)6-16(7-11(3)4)13-12(8-17)5-14-9-15-13/h5,9-11,17H,6-8H2,1-4H3. The van der Waals surface area contributed by atoms with Crippen LogP contribution in [0.4, 0.5) is 5.82 Å². The first kappa shape index (κ1) is 13.9. The summed E-state index contributed by atoms with van der Waals surface area (Å²) in [6.07, 6.45) is 3.23. The summed E-state index contributed by atoms with van der Waals surface area (Å²) < 4.78 is 0. The van der Waals surface area contributed by atoms with Crippen LogP contribution in [0.15, 0.2) is 12.5 Å². The molecule has 0 aliphatic rings. The summed E-state index contributed by atoms with van der Waals surface area (Å²) in [5.74, 6) is 2.00. The van der Waals surface area contributed by atoms with E-state index in [1.165, 1.54) is 0 Å². The van der Waals surface area contributed by atoms with Gasteiger partial charge in [-0.25, -0.2) is 9.97 Å². The molecule has 96 valence electrons. The van der Waals surface area contributed by atoms with E-state index in [9.17, 15) is 5.11 Å². The minimum atomic E-state index is -0.0110. The van der Waals surface area contributed by atoms with Gasteiger partial charge in [0.25, 0.3) is 0 Å². The average Bonchev–Trinajstić information content (AvgIpc) is 2.27. The molecule has 0 aliphatic heterocycles. The Balaban J connectivity index is 2.94. The van der Waals surface area contributed by atoms with Gasteiger partial charge in [-0.2, -0.15) is 0 Å². The van der Waals surface area contributed by atoms with Crippen LogP contribution >= 0.6 is 0 Å². The van der Waals surface area contributed by atoms with E-state index in [1.54, 1.807) is 12.5 Å². The highest BCUT2D eigenvalue weighted by molar-refractivity contribution is 5.45. The molecule has 0 atom stereocenters. The second kappa shape index (κ2) is 6.55. The minimum absolute atomic E-state index is 0.0110. The van der Waals surface area contributed by atoms with Crippen molar-refractivity contribution < 1.29 is 5.11 Å². The van der Waals surface area contributed by atoms with E-state index in [2.05, 4.69) is 42.6 Å². The van der Waals surface area contributed by atoms with E-state index in [0.717, 1.165) is 24.5 Å². The third-order valence-corrected chi connectivity index (χ3v) is 2.41. The van der Waals surface area contributed by atoms with Crippen LogP contribution in [0.2, 0.25) is 0 Å². The lowest BCUT2D eigenvalue weighted by Gasteiger charge is -2.28. The van der Waals surface area contributed by atoms with Crippen LogP contribution in [0.25, 0.3) is 0 Å². The number of aliphatic hydroxyl groups is 1. The zero-order chi connectivity index (χ0) is 12.8. The highest BCUT2D eigenvalue weighted by atomic mass is 16.3. The zero-order valence-electron chi connectivity index (χ0n) is 11.2. The van der Waals surface area contributed by atoms with Gasteiger partial charge in [0.15, 0.2) is 0 Å².